The van der Waals surface area contributed by atoms with Gasteiger partial charge in [-0.1, -0.05) is 35.5 Å². The van der Waals surface area contributed by atoms with Gasteiger partial charge in [-0.15, -0.1) is 5.10 Å². The molecule has 0 atom stereocenters. The van der Waals surface area contributed by atoms with E-state index in [1.807, 2.05) is 54.6 Å². The van der Waals surface area contributed by atoms with E-state index in [0.717, 1.165) is 16.7 Å². The van der Waals surface area contributed by atoms with E-state index in [4.69, 9.17) is 0 Å². The molecule has 0 radical (unpaired) electrons. The zero-order valence-corrected chi connectivity index (χ0v) is 10.2. The van der Waals surface area contributed by atoms with Crippen LogP contribution in [0.15, 0.2) is 54.6 Å². The molecule has 0 spiro atoms. The van der Waals surface area contributed by atoms with E-state index >= 15 is 0 Å². The van der Waals surface area contributed by atoms with Gasteiger partial charge in [0, 0.05) is 5.69 Å². The van der Waals surface area contributed by atoms with E-state index in [-0.39, 0.29) is 12.5 Å². The quantitative estimate of drug-likeness (QED) is 0.776. The van der Waals surface area contributed by atoms with Gasteiger partial charge in [0.05, 0.1) is 5.52 Å². The molecular weight excluding hydrogens is 240 g/mol. The number of anilines is 1. The van der Waals surface area contributed by atoms with E-state index < -0.39 is 0 Å². The Hall–Kier alpha value is -2.69. The molecule has 1 heterocycles. The normalized spacial score (nSPS) is 10.5. The van der Waals surface area contributed by atoms with Gasteiger partial charge in [-0.05, 0) is 24.3 Å². The lowest BCUT2D eigenvalue weighted by Crippen LogP contribution is -2.19. The Labute approximate surface area is 109 Å². The van der Waals surface area contributed by atoms with E-state index in [1.54, 1.807) is 4.68 Å². The molecule has 3 rings (SSSR count). The van der Waals surface area contributed by atoms with Crippen molar-refractivity contribution in [3.8, 4) is 0 Å². The van der Waals surface area contributed by atoms with Crippen molar-refractivity contribution < 1.29 is 4.79 Å². The van der Waals surface area contributed by atoms with Crippen molar-refractivity contribution in [2.75, 3.05) is 5.32 Å². The summed E-state index contributed by atoms with van der Waals surface area (Å²) in [6.07, 6.45) is 0. The minimum Gasteiger partial charge on any atom is -0.324 e. The maximum Gasteiger partial charge on any atom is 0.246 e. The second kappa shape index (κ2) is 4.89. The number of aromatic nitrogens is 3. The number of carbonyl (C=O) groups is 1. The van der Waals surface area contributed by atoms with Crippen LogP contribution in [0, 0.1) is 0 Å². The third-order valence-corrected chi connectivity index (χ3v) is 2.77. The third kappa shape index (κ3) is 2.44. The molecule has 1 aromatic heterocycles. The van der Waals surface area contributed by atoms with Crippen LogP contribution >= 0.6 is 0 Å². The largest absolute Gasteiger partial charge is 0.324 e. The molecule has 1 amide bonds. The third-order valence-electron chi connectivity index (χ3n) is 2.77. The summed E-state index contributed by atoms with van der Waals surface area (Å²) in [7, 11) is 0. The van der Waals surface area contributed by atoms with Crippen LogP contribution in [0.4, 0.5) is 5.69 Å². The highest BCUT2D eigenvalue weighted by atomic mass is 16.2. The molecule has 0 aliphatic rings. The molecular formula is C14H12N4O. The van der Waals surface area contributed by atoms with Crippen molar-refractivity contribution in [3.05, 3.63) is 54.6 Å². The van der Waals surface area contributed by atoms with E-state index in [2.05, 4.69) is 15.6 Å². The van der Waals surface area contributed by atoms with Gasteiger partial charge in [-0.25, -0.2) is 4.68 Å². The van der Waals surface area contributed by atoms with E-state index in [9.17, 15) is 4.79 Å². The summed E-state index contributed by atoms with van der Waals surface area (Å²) in [5, 5.41) is 10.8. The van der Waals surface area contributed by atoms with Crippen LogP contribution in [0.2, 0.25) is 0 Å². The van der Waals surface area contributed by atoms with Crippen molar-refractivity contribution in [3.63, 3.8) is 0 Å². The fourth-order valence-corrected chi connectivity index (χ4v) is 1.89. The van der Waals surface area contributed by atoms with Gasteiger partial charge in [0.25, 0.3) is 0 Å². The summed E-state index contributed by atoms with van der Waals surface area (Å²) >= 11 is 0. The van der Waals surface area contributed by atoms with Gasteiger partial charge in [0.2, 0.25) is 5.91 Å². The highest BCUT2D eigenvalue weighted by molar-refractivity contribution is 5.91. The fraction of sp³-hybridized carbons (Fsp3) is 0.0714. The number of benzene rings is 2. The molecule has 1 N–H and O–H groups in total. The number of hydrogen-bond donors (Lipinski definition) is 1. The topological polar surface area (TPSA) is 59.8 Å². The predicted molar refractivity (Wildman–Crippen MR) is 72.6 cm³/mol. The number of fused-ring (bicyclic) bond motifs is 1. The van der Waals surface area contributed by atoms with Crippen molar-refractivity contribution in [1.82, 2.24) is 15.0 Å². The van der Waals surface area contributed by atoms with Crippen LogP contribution in [-0.4, -0.2) is 20.9 Å². The van der Waals surface area contributed by atoms with Gasteiger partial charge in [-0.2, -0.15) is 0 Å². The second-order valence-electron chi connectivity index (χ2n) is 4.15. The summed E-state index contributed by atoms with van der Waals surface area (Å²) < 4.78 is 1.59. The Bertz CT molecular complexity index is 706. The molecule has 0 fully saturated rings. The van der Waals surface area contributed by atoms with Crippen LogP contribution in [0.3, 0.4) is 0 Å². The molecule has 0 unspecified atom stereocenters. The molecule has 0 bridgehead atoms. The molecule has 5 nitrogen and oxygen atoms in total. The minimum atomic E-state index is -0.123. The summed E-state index contributed by atoms with van der Waals surface area (Å²) in [5.74, 6) is -0.123. The first-order chi connectivity index (χ1) is 9.33. The minimum absolute atomic E-state index is 0.123. The molecule has 2 aromatic carbocycles. The van der Waals surface area contributed by atoms with Crippen molar-refractivity contribution in [1.29, 1.82) is 0 Å². The standard InChI is InChI=1S/C14H12N4O/c19-14(15-11-6-2-1-3-7-11)10-18-13-9-5-4-8-12(13)16-17-18/h1-9H,10H2,(H,15,19). The van der Waals surface area contributed by atoms with Crippen LogP contribution in [0.1, 0.15) is 0 Å². The molecule has 0 aliphatic carbocycles. The Morgan fingerprint density at radius 3 is 2.63 bits per heavy atom. The first kappa shape index (κ1) is 11.4. The summed E-state index contributed by atoms with van der Waals surface area (Å²) in [5.41, 5.74) is 2.41. The number of para-hydroxylation sites is 2. The number of rotatable bonds is 3. The number of nitrogens with one attached hydrogen (secondary N) is 1. The van der Waals surface area contributed by atoms with Gasteiger partial charge < -0.3 is 5.32 Å². The van der Waals surface area contributed by atoms with Gasteiger partial charge in [0.1, 0.15) is 12.1 Å². The van der Waals surface area contributed by atoms with Gasteiger partial charge >= 0.3 is 0 Å². The zero-order valence-electron chi connectivity index (χ0n) is 10.2. The SMILES string of the molecule is O=C(Cn1nnc2ccccc21)Nc1ccccc1. The summed E-state index contributed by atoms with van der Waals surface area (Å²) in [4.78, 5) is 11.9. The van der Waals surface area contributed by atoms with Crippen LogP contribution in [-0.2, 0) is 11.3 Å². The first-order valence-electron chi connectivity index (χ1n) is 5.96. The van der Waals surface area contributed by atoms with Crippen molar-refractivity contribution in [2.24, 2.45) is 0 Å². The molecule has 0 saturated heterocycles. The molecule has 19 heavy (non-hydrogen) atoms. The molecule has 0 saturated carbocycles. The van der Waals surface area contributed by atoms with E-state index in [1.165, 1.54) is 0 Å². The number of amides is 1. The second-order valence-corrected chi connectivity index (χ2v) is 4.15. The zero-order chi connectivity index (χ0) is 13.1. The van der Waals surface area contributed by atoms with Crippen molar-refractivity contribution >= 4 is 22.6 Å². The fourth-order valence-electron chi connectivity index (χ4n) is 1.89. The number of hydrogen-bond acceptors (Lipinski definition) is 3. The highest BCUT2D eigenvalue weighted by Gasteiger charge is 2.08. The number of carbonyl (C=O) groups excluding carboxylic acids is 1. The average molecular weight is 252 g/mol. The lowest BCUT2D eigenvalue weighted by atomic mass is 10.3. The maximum atomic E-state index is 11.9. The molecule has 94 valence electrons. The Morgan fingerprint density at radius 1 is 1.05 bits per heavy atom. The maximum absolute atomic E-state index is 11.9. The van der Waals surface area contributed by atoms with E-state index in [0.29, 0.717) is 0 Å². The Morgan fingerprint density at radius 2 is 1.79 bits per heavy atom. The van der Waals surface area contributed by atoms with Gasteiger partial charge in [0.15, 0.2) is 0 Å². The number of nitrogens with zero attached hydrogens (tertiary/aromatic N) is 3. The smallest absolute Gasteiger partial charge is 0.246 e. The van der Waals surface area contributed by atoms with Gasteiger partial charge in [-0.3, -0.25) is 4.79 Å². The first-order valence-corrected chi connectivity index (χ1v) is 5.96. The highest BCUT2D eigenvalue weighted by Crippen LogP contribution is 2.10. The van der Waals surface area contributed by atoms with Crippen LogP contribution in [0.25, 0.3) is 11.0 Å². The average Bonchev–Trinajstić information content (AvgIpc) is 2.83. The lowest BCUT2D eigenvalue weighted by Gasteiger charge is -2.05. The molecule has 5 heteroatoms. The van der Waals surface area contributed by atoms with Crippen molar-refractivity contribution in [2.45, 2.75) is 6.54 Å². The van der Waals surface area contributed by atoms with Crippen LogP contribution < -0.4 is 5.32 Å². The summed E-state index contributed by atoms with van der Waals surface area (Å²) in [6.45, 7) is 0.148. The lowest BCUT2D eigenvalue weighted by molar-refractivity contribution is -0.116. The molecule has 3 aromatic rings. The summed E-state index contributed by atoms with van der Waals surface area (Å²) in [6, 6.07) is 16.9. The van der Waals surface area contributed by atoms with Crippen LogP contribution in [0.5, 0.6) is 0 Å². The monoisotopic (exact) mass is 252 g/mol. The Balaban J connectivity index is 1.76. The predicted octanol–water partition coefficient (Wildman–Crippen LogP) is 2.07. The Kier molecular flexibility index (Phi) is 2.94. The molecule has 0 aliphatic heterocycles.